The highest BCUT2D eigenvalue weighted by Gasteiger charge is 2.18. The maximum atomic E-state index is 11.7. The van der Waals surface area contributed by atoms with Crippen LogP contribution in [0.2, 0.25) is 0 Å². The van der Waals surface area contributed by atoms with Crippen molar-refractivity contribution in [2.75, 3.05) is 13.7 Å². The van der Waals surface area contributed by atoms with Crippen LogP contribution in [0.4, 0.5) is 0 Å². The lowest BCUT2D eigenvalue weighted by Gasteiger charge is -2.02. The molecule has 6 nitrogen and oxygen atoms in total. The highest BCUT2D eigenvalue weighted by Crippen LogP contribution is 2.22. The predicted molar refractivity (Wildman–Crippen MR) is 64.3 cm³/mol. The van der Waals surface area contributed by atoms with E-state index in [0.717, 1.165) is 11.3 Å². The Morgan fingerprint density at radius 3 is 2.61 bits per heavy atom. The number of hydrogen-bond donors (Lipinski definition) is 1. The molecule has 0 aliphatic heterocycles. The van der Waals surface area contributed by atoms with E-state index in [1.165, 1.54) is 0 Å². The zero-order valence-corrected chi connectivity index (χ0v) is 10.1. The molecule has 0 atom stereocenters. The summed E-state index contributed by atoms with van der Waals surface area (Å²) in [6.07, 6.45) is 0. The van der Waals surface area contributed by atoms with Gasteiger partial charge in [-0.25, -0.2) is 4.79 Å². The first-order chi connectivity index (χ1) is 8.76. The Labute approximate surface area is 104 Å². The van der Waals surface area contributed by atoms with Crippen LogP contribution in [0.1, 0.15) is 17.4 Å². The molecule has 0 saturated heterocycles. The van der Waals surface area contributed by atoms with Crippen LogP contribution in [-0.2, 0) is 4.74 Å². The minimum atomic E-state index is -0.489. The van der Waals surface area contributed by atoms with Crippen LogP contribution < -0.4 is 4.74 Å². The van der Waals surface area contributed by atoms with Gasteiger partial charge in [-0.2, -0.15) is 10.3 Å². The van der Waals surface area contributed by atoms with Crippen LogP contribution in [-0.4, -0.2) is 35.1 Å². The van der Waals surface area contributed by atoms with Crippen LogP contribution in [0.15, 0.2) is 24.3 Å². The van der Waals surface area contributed by atoms with E-state index in [2.05, 4.69) is 15.4 Å². The fraction of sp³-hybridized carbons (Fsp3) is 0.250. The van der Waals surface area contributed by atoms with E-state index in [1.807, 2.05) is 0 Å². The third-order valence-corrected chi connectivity index (χ3v) is 2.38. The Hall–Kier alpha value is -2.37. The average molecular weight is 247 g/mol. The number of carbonyl (C=O) groups is 1. The molecule has 0 fully saturated rings. The topological polar surface area (TPSA) is 77.1 Å². The summed E-state index contributed by atoms with van der Waals surface area (Å²) in [5.74, 6) is 0.247. The number of nitrogens with zero attached hydrogens (tertiary/aromatic N) is 2. The number of carbonyl (C=O) groups excluding carboxylic acids is 1. The smallest absolute Gasteiger partial charge is 0.361 e. The number of benzene rings is 1. The van der Waals surface area contributed by atoms with E-state index < -0.39 is 5.97 Å². The molecule has 1 N–H and O–H groups in total. The molecule has 0 aliphatic rings. The van der Waals surface area contributed by atoms with Gasteiger partial charge in [0.15, 0.2) is 5.69 Å². The molecule has 0 unspecified atom stereocenters. The Kier molecular flexibility index (Phi) is 3.57. The lowest BCUT2D eigenvalue weighted by molar-refractivity contribution is 0.0520. The Morgan fingerprint density at radius 1 is 1.28 bits per heavy atom. The molecule has 6 heteroatoms. The fourth-order valence-electron chi connectivity index (χ4n) is 1.52. The SMILES string of the molecule is CCOC(=O)c1n[nH]nc1-c1ccc(OC)cc1. The zero-order valence-electron chi connectivity index (χ0n) is 10.1. The van der Waals surface area contributed by atoms with Crippen molar-refractivity contribution in [2.24, 2.45) is 0 Å². The van der Waals surface area contributed by atoms with Crippen molar-refractivity contribution in [1.82, 2.24) is 15.4 Å². The zero-order chi connectivity index (χ0) is 13.0. The molecule has 2 aromatic rings. The number of methoxy groups -OCH3 is 1. The van der Waals surface area contributed by atoms with Gasteiger partial charge >= 0.3 is 5.97 Å². The van der Waals surface area contributed by atoms with Gasteiger partial charge in [-0.3, -0.25) is 0 Å². The van der Waals surface area contributed by atoms with Crippen molar-refractivity contribution in [3.05, 3.63) is 30.0 Å². The average Bonchev–Trinajstić information content (AvgIpc) is 2.88. The minimum absolute atomic E-state index is 0.182. The Morgan fingerprint density at radius 2 is 2.00 bits per heavy atom. The first-order valence-electron chi connectivity index (χ1n) is 5.48. The van der Waals surface area contributed by atoms with Crippen LogP contribution in [0.3, 0.4) is 0 Å². The lowest BCUT2D eigenvalue weighted by Crippen LogP contribution is -2.06. The van der Waals surface area contributed by atoms with Gasteiger partial charge in [-0.15, -0.1) is 5.10 Å². The molecule has 0 saturated carbocycles. The summed E-state index contributed by atoms with van der Waals surface area (Å²) < 4.78 is 9.97. The van der Waals surface area contributed by atoms with Gasteiger partial charge in [-0.1, -0.05) is 0 Å². The Bertz CT molecular complexity index is 534. The molecule has 1 aromatic carbocycles. The molecule has 1 heterocycles. The molecular formula is C12H13N3O3. The van der Waals surface area contributed by atoms with Crippen LogP contribution in [0.25, 0.3) is 11.3 Å². The number of aromatic amines is 1. The van der Waals surface area contributed by atoms with Crippen molar-refractivity contribution in [1.29, 1.82) is 0 Å². The summed E-state index contributed by atoms with van der Waals surface area (Å²) in [5.41, 5.74) is 1.42. The molecule has 0 bridgehead atoms. The molecule has 0 spiro atoms. The molecule has 0 aliphatic carbocycles. The fourth-order valence-corrected chi connectivity index (χ4v) is 1.52. The van der Waals surface area contributed by atoms with Crippen LogP contribution in [0, 0.1) is 0 Å². The van der Waals surface area contributed by atoms with E-state index in [1.54, 1.807) is 38.3 Å². The number of ether oxygens (including phenoxy) is 2. The molecule has 0 amide bonds. The molecule has 1 aromatic heterocycles. The van der Waals surface area contributed by atoms with Gasteiger partial charge in [0.1, 0.15) is 11.4 Å². The first-order valence-corrected chi connectivity index (χ1v) is 5.48. The molecule has 18 heavy (non-hydrogen) atoms. The van der Waals surface area contributed by atoms with Crippen LogP contribution >= 0.6 is 0 Å². The number of esters is 1. The van der Waals surface area contributed by atoms with E-state index in [-0.39, 0.29) is 5.69 Å². The summed E-state index contributed by atoms with van der Waals surface area (Å²) in [6.45, 7) is 2.04. The second kappa shape index (κ2) is 5.31. The van der Waals surface area contributed by atoms with E-state index in [4.69, 9.17) is 9.47 Å². The van der Waals surface area contributed by atoms with Gasteiger partial charge in [-0.05, 0) is 31.2 Å². The maximum absolute atomic E-state index is 11.7. The molecule has 2 rings (SSSR count). The van der Waals surface area contributed by atoms with Crippen molar-refractivity contribution in [2.45, 2.75) is 6.92 Å². The lowest BCUT2D eigenvalue weighted by atomic mass is 10.1. The standard InChI is InChI=1S/C12H13N3O3/c1-3-18-12(16)11-10(13-15-14-11)8-4-6-9(17-2)7-5-8/h4-7H,3H2,1-2H3,(H,13,14,15). The van der Waals surface area contributed by atoms with Crippen molar-refractivity contribution in [3.8, 4) is 17.0 Å². The molecule has 94 valence electrons. The second-order valence-corrected chi connectivity index (χ2v) is 3.47. The summed E-state index contributed by atoms with van der Waals surface area (Å²) >= 11 is 0. The van der Waals surface area contributed by atoms with E-state index >= 15 is 0 Å². The third-order valence-electron chi connectivity index (χ3n) is 2.38. The molecular weight excluding hydrogens is 234 g/mol. The number of hydrogen-bond acceptors (Lipinski definition) is 5. The van der Waals surface area contributed by atoms with E-state index in [0.29, 0.717) is 12.3 Å². The molecule has 0 radical (unpaired) electrons. The number of rotatable bonds is 4. The van der Waals surface area contributed by atoms with Crippen LogP contribution in [0.5, 0.6) is 5.75 Å². The summed E-state index contributed by atoms with van der Waals surface area (Å²) in [4.78, 5) is 11.7. The highest BCUT2D eigenvalue weighted by molar-refractivity contribution is 5.93. The Balaban J connectivity index is 2.32. The number of H-pyrrole nitrogens is 1. The quantitative estimate of drug-likeness (QED) is 0.831. The van der Waals surface area contributed by atoms with Gasteiger partial charge in [0.05, 0.1) is 13.7 Å². The number of nitrogens with one attached hydrogen (secondary N) is 1. The first kappa shape index (κ1) is 12.1. The van der Waals surface area contributed by atoms with Crippen molar-refractivity contribution in [3.63, 3.8) is 0 Å². The van der Waals surface area contributed by atoms with Crippen molar-refractivity contribution < 1.29 is 14.3 Å². The third kappa shape index (κ3) is 2.32. The maximum Gasteiger partial charge on any atom is 0.361 e. The monoisotopic (exact) mass is 247 g/mol. The van der Waals surface area contributed by atoms with Gasteiger partial charge in [0.2, 0.25) is 0 Å². The van der Waals surface area contributed by atoms with Gasteiger partial charge in [0, 0.05) is 5.56 Å². The highest BCUT2D eigenvalue weighted by atomic mass is 16.5. The predicted octanol–water partition coefficient (Wildman–Crippen LogP) is 1.66. The van der Waals surface area contributed by atoms with Gasteiger partial charge < -0.3 is 9.47 Å². The van der Waals surface area contributed by atoms with Crippen molar-refractivity contribution >= 4 is 5.97 Å². The summed E-state index contributed by atoms with van der Waals surface area (Å²) in [5, 5.41) is 10.2. The summed E-state index contributed by atoms with van der Waals surface area (Å²) in [6, 6.07) is 7.19. The number of aromatic nitrogens is 3. The van der Waals surface area contributed by atoms with E-state index in [9.17, 15) is 4.79 Å². The normalized spacial score (nSPS) is 10.1. The second-order valence-electron chi connectivity index (χ2n) is 3.47. The van der Waals surface area contributed by atoms with Gasteiger partial charge in [0.25, 0.3) is 0 Å². The summed E-state index contributed by atoms with van der Waals surface area (Å²) in [7, 11) is 1.59. The largest absolute Gasteiger partial charge is 0.497 e. The minimum Gasteiger partial charge on any atom is -0.497 e.